The van der Waals surface area contributed by atoms with Gasteiger partial charge in [0, 0.05) is 6.20 Å². The number of aliphatic hydroxyl groups excluding tert-OH is 1. The molecule has 0 unspecified atom stereocenters. The third kappa shape index (κ3) is 2.07. The summed E-state index contributed by atoms with van der Waals surface area (Å²) in [4.78, 5) is 0. The van der Waals surface area contributed by atoms with E-state index < -0.39 is 6.10 Å². The minimum atomic E-state index is -0.418. The second-order valence-electron chi connectivity index (χ2n) is 3.73. The van der Waals surface area contributed by atoms with Gasteiger partial charge in [0.1, 0.15) is 0 Å². The maximum absolute atomic E-state index is 9.37. The Bertz CT molecular complexity index is 443. The molecule has 78 valence electrons. The highest BCUT2D eigenvalue weighted by atomic mass is 16.3. The van der Waals surface area contributed by atoms with E-state index in [9.17, 15) is 5.11 Å². The molecule has 0 aliphatic heterocycles. The van der Waals surface area contributed by atoms with Gasteiger partial charge < -0.3 is 5.11 Å². The number of hydrogen-bond donors (Lipinski definition) is 1. The molecule has 0 spiro atoms. The maximum atomic E-state index is 9.37. The molecule has 1 N–H and O–H groups in total. The topological polar surface area (TPSA) is 38.0 Å². The molecule has 15 heavy (non-hydrogen) atoms. The van der Waals surface area contributed by atoms with Gasteiger partial charge in [-0.3, -0.25) is 0 Å². The molecule has 0 saturated carbocycles. The Kier molecular flexibility index (Phi) is 2.56. The van der Waals surface area contributed by atoms with Crippen LogP contribution in [-0.2, 0) is 0 Å². The molecule has 0 radical (unpaired) electrons. The summed E-state index contributed by atoms with van der Waals surface area (Å²) in [5, 5.41) is 13.6. The minimum Gasteiger partial charge on any atom is -0.389 e. The van der Waals surface area contributed by atoms with E-state index in [1.807, 2.05) is 48.3 Å². The average molecular weight is 202 g/mol. The third-order valence-electron chi connectivity index (χ3n) is 2.35. The van der Waals surface area contributed by atoms with Crippen LogP contribution < -0.4 is 0 Å². The van der Waals surface area contributed by atoms with Crippen LogP contribution in [0, 0.1) is 6.92 Å². The Balaban J connectivity index is 2.31. The third-order valence-corrected chi connectivity index (χ3v) is 2.35. The smallest absolute Gasteiger partial charge is 0.0761 e. The maximum Gasteiger partial charge on any atom is 0.0761 e. The van der Waals surface area contributed by atoms with E-state index in [4.69, 9.17) is 0 Å². The van der Waals surface area contributed by atoms with Crippen LogP contribution in [0.4, 0.5) is 0 Å². The molecule has 1 atom stereocenters. The monoisotopic (exact) mass is 202 g/mol. The molecular weight excluding hydrogens is 188 g/mol. The van der Waals surface area contributed by atoms with E-state index in [1.54, 1.807) is 6.92 Å². The Morgan fingerprint density at radius 3 is 2.40 bits per heavy atom. The van der Waals surface area contributed by atoms with Gasteiger partial charge in [-0.15, -0.1) is 0 Å². The molecule has 0 aliphatic rings. The van der Waals surface area contributed by atoms with Crippen molar-refractivity contribution in [3.8, 4) is 5.69 Å². The van der Waals surface area contributed by atoms with Crippen molar-refractivity contribution in [2.24, 2.45) is 0 Å². The van der Waals surface area contributed by atoms with Crippen molar-refractivity contribution in [1.82, 2.24) is 9.78 Å². The van der Waals surface area contributed by atoms with Gasteiger partial charge in [-0.1, -0.05) is 12.1 Å². The van der Waals surface area contributed by atoms with Crippen molar-refractivity contribution in [2.45, 2.75) is 20.0 Å². The lowest BCUT2D eigenvalue weighted by atomic mass is 10.1. The number of benzene rings is 1. The Labute approximate surface area is 89.0 Å². The molecule has 1 heterocycles. The van der Waals surface area contributed by atoms with Crippen molar-refractivity contribution < 1.29 is 5.11 Å². The summed E-state index contributed by atoms with van der Waals surface area (Å²) in [6.07, 6.45) is 3.37. The molecule has 0 aliphatic carbocycles. The number of hydrogen-bond acceptors (Lipinski definition) is 2. The molecule has 0 amide bonds. The summed E-state index contributed by atoms with van der Waals surface area (Å²) in [6.45, 7) is 3.76. The zero-order valence-corrected chi connectivity index (χ0v) is 8.88. The number of aryl methyl sites for hydroxylation is 1. The van der Waals surface area contributed by atoms with Gasteiger partial charge in [-0.2, -0.15) is 5.10 Å². The van der Waals surface area contributed by atoms with E-state index in [1.165, 1.54) is 0 Å². The summed E-state index contributed by atoms with van der Waals surface area (Å²) in [5.41, 5.74) is 3.06. The van der Waals surface area contributed by atoms with Gasteiger partial charge in [-0.05, 0) is 37.1 Å². The van der Waals surface area contributed by atoms with Gasteiger partial charge >= 0.3 is 0 Å². The summed E-state index contributed by atoms with van der Waals surface area (Å²) in [7, 11) is 0. The molecule has 2 aromatic rings. The first-order chi connectivity index (χ1) is 7.16. The SMILES string of the molecule is Cc1cnn(-c2ccc([C@@H](C)O)cc2)c1. The van der Waals surface area contributed by atoms with Gasteiger partial charge in [0.25, 0.3) is 0 Å². The number of aromatic nitrogens is 2. The van der Waals surface area contributed by atoms with Gasteiger partial charge in [-0.25, -0.2) is 4.68 Å². The lowest BCUT2D eigenvalue weighted by Crippen LogP contribution is -1.96. The summed E-state index contributed by atoms with van der Waals surface area (Å²) in [6, 6.07) is 7.73. The average Bonchev–Trinajstić information content (AvgIpc) is 2.65. The fourth-order valence-corrected chi connectivity index (χ4v) is 1.46. The van der Waals surface area contributed by atoms with Crippen molar-refractivity contribution in [3.63, 3.8) is 0 Å². The van der Waals surface area contributed by atoms with Crippen molar-refractivity contribution in [2.75, 3.05) is 0 Å². The molecule has 1 aromatic heterocycles. The van der Waals surface area contributed by atoms with Crippen LogP contribution in [0.5, 0.6) is 0 Å². The number of nitrogens with zero attached hydrogens (tertiary/aromatic N) is 2. The molecule has 0 saturated heterocycles. The largest absolute Gasteiger partial charge is 0.389 e. The van der Waals surface area contributed by atoms with Crippen molar-refractivity contribution in [1.29, 1.82) is 0 Å². The van der Waals surface area contributed by atoms with Crippen LogP contribution in [0.3, 0.4) is 0 Å². The molecule has 1 aromatic carbocycles. The lowest BCUT2D eigenvalue weighted by Gasteiger charge is -2.06. The first-order valence-corrected chi connectivity index (χ1v) is 4.96. The zero-order valence-electron chi connectivity index (χ0n) is 8.88. The van der Waals surface area contributed by atoms with Crippen molar-refractivity contribution >= 4 is 0 Å². The number of aliphatic hydroxyl groups is 1. The highest BCUT2D eigenvalue weighted by Gasteiger charge is 2.01. The fourth-order valence-electron chi connectivity index (χ4n) is 1.46. The van der Waals surface area contributed by atoms with Crippen LogP contribution in [0.15, 0.2) is 36.7 Å². The second-order valence-corrected chi connectivity index (χ2v) is 3.73. The van der Waals surface area contributed by atoms with Crippen molar-refractivity contribution in [3.05, 3.63) is 47.8 Å². The first kappa shape index (κ1) is 9.93. The predicted octanol–water partition coefficient (Wildman–Crippen LogP) is 2.23. The van der Waals surface area contributed by atoms with Crippen LogP contribution in [0.1, 0.15) is 24.2 Å². The van der Waals surface area contributed by atoms with Crippen LogP contribution in [0.25, 0.3) is 5.69 Å². The molecule has 0 fully saturated rings. The Morgan fingerprint density at radius 1 is 1.27 bits per heavy atom. The summed E-state index contributed by atoms with van der Waals surface area (Å²) in [5.74, 6) is 0. The van der Waals surface area contributed by atoms with E-state index in [2.05, 4.69) is 5.10 Å². The van der Waals surface area contributed by atoms with Crippen LogP contribution in [-0.4, -0.2) is 14.9 Å². The quantitative estimate of drug-likeness (QED) is 0.811. The Hall–Kier alpha value is -1.61. The molecule has 2 rings (SSSR count). The fraction of sp³-hybridized carbons (Fsp3) is 0.250. The molecule has 3 heteroatoms. The minimum absolute atomic E-state index is 0.418. The van der Waals surface area contributed by atoms with Crippen LogP contribution in [0.2, 0.25) is 0 Å². The normalized spacial score (nSPS) is 12.7. The highest BCUT2D eigenvalue weighted by molar-refractivity contribution is 5.34. The van der Waals surface area contributed by atoms with Gasteiger partial charge in [0.2, 0.25) is 0 Å². The van der Waals surface area contributed by atoms with E-state index in [-0.39, 0.29) is 0 Å². The predicted molar refractivity (Wildman–Crippen MR) is 58.9 cm³/mol. The highest BCUT2D eigenvalue weighted by Crippen LogP contribution is 2.15. The molecular formula is C12H14N2O. The molecule has 0 bridgehead atoms. The van der Waals surface area contributed by atoms with E-state index in [0.29, 0.717) is 0 Å². The van der Waals surface area contributed by atoms with Crippen LogP contribution >= 0.6 is 0 Å². The lowest BCUT2D eigenvalue weighted by molar-refractivity contribution is 0.199. The molecule has 3 nitrogen and oxygen atoms in total. The van der Waals surface area contributed by atoms with E-state index in [0.717, 1.165) is 16.8 Å². The standard InChI is InChI=1S/C12H14N2O/c1-9-7-13-14(8-9)12-5-3-11(4-6-12)10(2)15/h3-8,10,15H,1-2H3/t10-/m1/s1. The van der Waals surface area contributed by atoms with Gasteiger partial charge in [0.05, 0.1) is 18.0 Å². The second kappa shape index (κ2) is 3.87. The Morgan fingerprint density at radius 2 is 1.93 bits per heavy atom. The van der Waals surface area contributed by atoms with E-state index >= 15 is 0 Å². The van der Waals surface area contributed by atoms with Gasteiger partial charge in [0.15, 0.2) is 0 Å². The summed E-state index contributed by atoms with van der Waals surface area (Å²) < 4.78 is 1.82. The number of rotatable bonds is 2. The zero-order chi connectivity index (χ0) is 10.8. The first-order valence-electron chi connectivity index (χ1n) is 4.96. The summed E-state index contributed by atoms with van der Waals surface area (Å²) >= 11 is 0.